The molecule has 0 amide bonds. The Morgan fingerprint density at radius 3 is 2.80 bits per heavy atom. The Hall–Kier alpha value is -2.31. The number of nitrogen functional groups attached to an aromatic ring is 1. The normalized spacial score (nSPS) is 10.8. The smallest absolute Gasteiger partial charge is 0.360 e. The molecule has 2 aromatic rings. The number of anilines is 1. The van der Waals surface area contributed by atoms with Crippen molar-refractivity contribution in [2.24, 2.45) is 7.05 Å². The molecule has 0 bridgehead atoms. The number of aromatic nitrogens is 4. The highest BCUT2D eigenvalue weighted by Crippen LogP contribution is 2.17. The summed E-state index contributed by atoms with van der Waals surface area (Å²) in [6.07, 6.45) is 5.26. The summed E-state index contributed by atoms with van der Waals surface area (Å²) in [7, 11) is 3.20. The van der Waals surface area contributed by atoms with Crippen molar-refractivity contribution in [2.75, 3.05) is 12.8 Å². The number of ether oxygens (including phenoxy) is 1. The zero-order chi connectivity index (χ0) is 14.7. The first-order valence-corrected chi connectivity index (χ1v) is 6.47. The molecule has 0 aromatic carbocycles. The van der Waals surface area contributed by atoms with Crippen LogP contribution in [0.1, 0.15) is 28.8 Å². The quantitative estimate of drug-likeness (QED) is 0.816. The standard InChI is InChI=1S/C13H19N5O2/c1-4-10-16-11(13(19)20-3)12(14)18(10)6-5-9-7-15-17(2)8-9/h7-8H,4-6,14H2,1-3H3. The van der Waals surface area contributed by atoms with Crippen LogP contribution in [0.4, 0.5) is 5.82 Å². The number of hydrogen-bond acceptors (Lipinski definition) is 5. The summed E-state index contributed by atoms with van der Waals surface area (Å²) in [5.41, 5.74) is 7.31. The number of imidazole rings is 1. The largest absolute Gasteiger partial charge is 0.464 e. The number of hydrogen-bond donors (Lipinski definition) is 1. The van der Waals surface area contributed by atoms with E-state index in [2.05, 4.69) is 14.8 Å². The second kappa shape index (κ2) is 5.77. The average Bonchev–Trinajstić information content (AvgIpc) is 2.99. The molecule has 0 aliphatic heterocycles. The van der Waals surface area contributed by atoms with Gasteiger partial charge in [0.15, 0.2) is 5.69 Å². The third kappa shape index (κ3) is 2.66. The lowest BCUT2D eigenvalue weighted by Crippen LogP contribution is -2.10. The van der Waals surface area contributed by atoms with Gasteiger partial charge in [-0.3, -0.25) is 4.68 Å². The van der Waals surface area contributed by atoms with E-state index in [-0.39, 0.29) is 5.69 Å². The molecule has 7 heteroatoms. The van der Waals surface area contributed by atoms with Crippen LogP contribution in [-0.2, 0) is 31.2 Å². The Bertz CT molecular complexity index is 614. The van der Waals surface area contributed by atoms with Gasteiger partial charge in [0.2, 0.25) is 0 Å². The minimum atomic E-state index is -0.502. The number of esters is 1. The van der Waals surface area contributed by atoms with E-state index in [4.69, 9.17) is 5.73 Å². The summed E-state index contributed by atoms with van der Waals surface area (Å²) in [4.78, 5) is 15.9. The van der Waals surface area contributed by atoms with E-state index < -0.39 is 5.97 Å². The third-order valence-electron chi connectivity index (χ3n) is 3.16. The Morgan fingerprint density at radius 2 is 2.25 bits per heavy atom. The second-order valence-corrected chi connectivity index (χ2v) is 4.53. The fourth-order valence-electron chi connectivity index (χ4n) is 2.12. The van der Waals surface area contributed by atoms with Crippen LogP contribution >= 0.6 is 0 Å². The van der Waals surface area contributed by atoms with E-state index >= 15 is 0 Å². The average molecular weight is 277 g/mol. The van der Waals surface area contributed by atoms with E-state index in [1.165, 1.54) is 7.11 Å². The molecule has 0 spiro atoms. The van der Waals surface area contributed by atoms with Crippen LogP contribution in [0.5, 0.6) is 0 Å². The number of nitrogens with zero attached hydrogens (tertiary/aromatic N) is 4. The molecule has 2 aromatic heterocycles. The Labute approximate surface area is 117 Å². The molecular formula is C13H19N5O2. The zero-order valence-electron chi connectivity index (χ0n) is 12.0. The highest BCUT2D eigenvalue weighted by molar-refractivity contribution is 5.92. The number of carbonyl (C=O) groups is 1. The van der Waals surface area contributed by atoms with E-state index in [0.29, 0.717) is 18.8 Å². The van der Waals surface area contributed by atoms with Crippen molar-refractivity contribution in [1.29, 1.82) is 0 Å². The topological polar surface area (TPSA) is 88.0 Å². The molecule has 0 aliphatic carbocycles. The summed E-state index contributed by atoms with van der Waals surface area (Å²) >= 11 is 0. The molecule has 0 unspecified atom stereocenters. The molecule has 0 radical (unpaired) electrons. The van der Waals surface area contributed by atoms with Gasteiger partial charge in [-0.2, -0.15) is 5.10 Å². The van der Waals surface area contributed by atoms with Gasteiger partial charge in [0.1, 0.15) is 11.6 Å². The highest BCUT2D eigenvalue weighted by Gasteiger charge is 2.20. The second-order valence-electron chi connectivity index (χ2n) is 4.53. The molecule has 2 N–H and O–H groups in total. The molecule has 2 heterocycles. The van der Waals surface area contributed by atoms with Gasteiger partial charge in [-0.1, -0.05) is 6.92 Å². The van der Waals surface area contributed by atoms with Crippen molar-refractivity contribution in [3.05, 3.63) is 29.5 Å². The van der Waals surface area contributed by atoms with E-state index in [1.807, 2.05) is 30.9 Å². The van der Waals surface area contributed by atoms with Crippen LogP contribution in [-0.4, -0.2) is 32.4 Å². The summed E-state index contributed by atoms with van der Waals surface area (Å²) in [5.74, 6) is 0.640. The third-order valence-corrected chi connectivity index (χ3v) is 3.16. The van der Waals surface area contributed by atoms with Gasteiger partial charge in [-0.25, -0.2) is 9.78 Å². The lowest BCUT2D eigenvalue weighted by Gasteiger charge is -2.07. The highest BCUT2D eigenvalue weighted by atomic mass is 16.5. The minimum Gasteiger partial charge on any atom is -0.464 e. The molecule has 0 saturated heterocycles. The van der Waals surface area contributed by atoms with E-state index in [9.17, 15) is 4.79 Å². The number of aryl methyl sites for hydroxylation is 3. The maximum absolute atomic E-state index is 11.6. The van der Waals surface area contributed by atoms with Gasteiger partial charge in [-0.15, -0.1) is 0 Å². The number of rotatable bonds is 5. The van der Waals surface area contributed by atoms with Gasteiger partial charge in [0, 0.05) is 26.2 Å². The maximum Gasteiger partial charge on any atom is 0.360 e. The molecular weight excluding hydrogens is 258 g/mol. The fourth-order valence-corrected chi connectivity index (χ4v) is 2.12. The van der Waals surface area contributed by atoms with Crippen LogP contribution in [0.25, 0.3) is 0 Å². The molecule has 20 heavy (non-hydrogen) atoms. The fraction of sp³-hybridized carbons (Fsp3) is 0.462. The van der Waals surface area contributed by atoms with Crippen molar-refractivity contribution in [1.82, 2.24) is 19.3 Å². The number of nitrogens with two attached hydrogens (primary N) is 1. The monoisotopic (exact) mass is 277 g/mol. The van der Waals surface area contributed by atoms with Crippen LogP contribution < -0.4 is 5.73 Å². The first-order chi connectivity index (χ1) is 9.56. The molecule has 0 atom stereocenters. The number of methoxy groups -OCH3 is 1. The van der Waals surface area contributed by atoms with Gasteiger partial charge in [-0.05, 0) is 12.0 Å². The molecule has 2 rings (SSSR count). The Balaban J connectivity index is 2.21. The summed E-state index contributed by atoms with van der Waals surface area (Å²) in [5, 5.41) is 4.13. The van der Waals surface area contributed by atoms with Crippen LogP contribution in [0.3, 0.4) is 0 Å². The SMILES string of the molecule is CCc1nc(C(=O)OC)c(N)n1CCc1cnn(C)c1. The predicted octanol–water partition coefficient (Wildman–Crippen LogP) is 0.790. The summed E-state index contributed by atoms with van der Waals surface area (Å²) < 4.78 is 8.31. The van der Waals surface area contributed by atoms with E-state index in [1.54, 1.807) is 4.68 Å². The molecule has 7 nitrogen and oxygen atoms in total. The Morgan fingerprint density at radius 1 is 1.50 bits per heavy atom. The first kappa shape index (κ1) is 14.1. The van der Waals surface area contributed by atoms with Gasteiger partial charge < -0.3 is 15.0 Å². The summed E-state index contributed by atoms with van der Waals surface area (Å²) in [6, 6.07) is 0. The molecule has 0 saturated carbocycles. The molecule has 108 valence electrons. The van der Waals surface area contributed by atoms with Gasteiger partial charge in [0.25, 0.3) is 0 Å². The lowest BCUT2D eigenvalue weighted by molar-refractivity contribution is 0.0595. The molecule has 0 fully saturated rings. The Kier molecular flexibility index (Phi) is 4.07. The lowest BCUT2D eigenvalue weighted by atomic mass is 10.2. The molecule has 0 aliphatic rings. The van der Waals surface area contributed by atoms with Crippen molar-refractivity contribution in [3.8, 4) is 0 Å². The zero-order valence-corrected chi connectivity index (χ0v) is 12.0. The van der Waals surface area contributed by atoms with Crippen LogP contribution in [0.2, 0.25) is 0 Å². The first-order valence-electron chi connectivity index (χ1n) is 6.47. The predicted molar refractivity (Wildman–Crippen MR) is 74.3 cm³/mol. The van der Waals surface area contributed by atoms with Crippen LogP contribution in [0.15, 0.2) is 12.4 Å². The van der Waals surface area contributed by atoms with Crippen molar-refractivity contribution in [3.63, 3.8) is 0 Å². The minimum absolute atomic E-state index is 0.190. The number of carbonyl (C=O) groups excluding carboxylic acids is 1. The van der Waals surface area contributed by atoms with Gasteiger partial charge >= 0.3 is 5.97 Å². The maximum atomic E-state index is 11.6. The van der Waals surface area contributed by atoms with Crippen molar-refractivity contribution >= 4 is 11.8 Å². The van der Waals surface area contributed by atoms with E-state index in [0.717, 1.165) is 17.8 Å². The van der Waals surface area contributed by atoms with Crippen molar-refractivity contribution in [2.45, 2.75) is 26.3 Å². The van der Waals surface area contributed by atoms with Gasteiger partial charge in [0.05, 0.1) is 13.3 Å². The van der Waals surface area contributed by atoms with Crippen LogP contribution in [0, 0.1) is 0 Å². The van der Waals surface area contributed by atoms with Crippen molar-refractivity contribution < 1.29 is 9.53 Å². The summed E-state index contributed by atoms with van der Waals surface area (Å²) in [6.45, 7) is 2.63.